The molecule has 0 saturated heterocycles. The van der Waals surface area contributed by atoms with Crippen LogP contribution in [0.4, 0.5) is 0 Å². The fourth-order valence-electron chi connectivity index (χ4n) is 0.652. The van der Waals surface area contributed by atoms with E-state index in [-0.39, 0.29) is 11.2 Å². The Bertz CT molecular complexity index is 218. The molecule has 0 aliphatic heterocycles. The van der Waals surface area contributed by atoms with E-state index in [1.165, 1.54) is 0 Å². The van der Waals surface area contributed by atoms with E-state index in [4.69, 9.17) is 11.6 Å². The molecular formula is C7H7ClOS. The summed E-state index contributed by atoms with van der Waals surface area (Å²) in [5.41, 5.74) is 1.00. The van der Waals surface area contributed by atoms with Crippen LogP contribution in [0.25, 0.3) is 0 Å². The zero-order valence-corrected chi connectivity index (χ0v) is 7.08. The summed E-state index contributed by atoms with van der Waals surface area (Å²) >= 11 is 6.86. The topological polar surface area (TPSA) is 17.1 Å². The molecule has 3 heteroatoms. The monoisotopic (exact) mass is 174 g/mol. The van der Waals surface area contributed by atoms with Crippen molar-refractivity contribution in [3.8, 4) is 0 Å². The van der Waals surface area contributed by atoms with Crippen LogP contribution >= 0.6 is 22.9 Å². The number of carbonyl (C=O) groups excluding carboxylic acids is 1. The molecule has 1 atom stereocenters. The van der Waals surface area contributed by atoms with Crippen LogP contribution in [0, 0.1) is 0 Å². The molecule has 0 aliphatic carbocycles. The lowest BCUT2D eigenvalue weighted by Crippen LogP contribution is -1.99. The first-order chi connectivity index (χ1) is 4.72. The zero-order valence-electron chi connectivity index (χ0n) is 5.50. The summed E-state index contributed by atoms with van der Waals surface area (Å²) in [6.07, 6.45) is 0. The third kappa shape index (κ3) is 1.58. The molecule has 1 rings (SSSR count). The van der Waals surface area contributed by atoms with Crippen molar-refractivity contribution in [1.29, 1.82) is 0 Å². The number of rotatable bonds is 2. The van der Waals surface area contributed by atoms with E-state index in [9.17, 15) is 4.79 Å². The molecule has 54 valence electrons. The minimum absolute atomic E-state index is 0.159. The molecule has 10 heavy (non-hydrogen) atoms. The van der Waals surface area contributed by atoms with Crippen LogP contribution in [0.2, 0.25) is 0 Å². The van der Waals surface area contributed by atoms with E-state index in [1.54, 1.807) is 18.3 Å². The van der Waals surface area contributed by atoms with Crippen molar-refractivity contribution < 1.29 is 4.79 Å². The summed E-state index contributed by atoms with van der Waals surface area (Å²) in [5, 5.41) is 3.58. The van der Waals surface area contributed by atoms with Crippen molar-refractivity contribution in [3.63, 3.8) is 0 Å². The molecule has 1 aromatic heterocycles. The molecule has 0 aliphatic rings. The highest BCUT2D eigenvalue weighted by Gasteiger charge is 2.11. The standard InChI is InChI=1S/C7H7ClOS/c1-5(7(8)9)6-2-3-10-4-6/h2-5H,1H3. The predicted molar refractivity (Wildman–Crippen MR) is 43.6 cm³/mol. The van der Waals surface area contributed by atoms with Crippen LogP contribution in [0.15, 0.2) is 16.8 Å². The van der Waals surface area contributed by atoms with Gasteiger partial charge in [-0.05, 0) is 34.0 Å². The Hall–Kier alpha value is -0.340. The summed E-state index contributed by atoms with van der Waals surface area (Å²) in [6.45, 7) is 1.80. The van der Waals surface area contributed by atoms with E-state index < -0.39 is 0 Å². The Morgan fingerprint density at radius 3 is 2.90 bits per heavy atom. The Kier molecular flexibility index (Phi) is 2.46. The van der Waals surface area contributed by atoms with Gasteiger partial charge in [0.15, 0.2) is 0 Å². The molecule has 0 amide bonds. The van der Waals surface area contributed by atoms with Crippen molar-refractivity contribution in [2.45, 2.75) is 12.8 Å². The highest BCUT2D eigenvalue weighted by atomic mass is 35.5. The third-order valence-corrected chi connectivity index (χ3v) is 2.41. The molecule has 1 unspecified atom stereocenters. The summed E-state index contributed by atoms with van der Waals surface area (Å²) < 4.78 is 0. The number of carbonyl (C=O) groups is 1. The van der Waals surface area contributed by atoms with Gasteiger partial charge in [0, 0.05) is 0 Å². The maximum atomic E-state index is 10.6. The fourth-order valence-corrected chi connectivity index (χ4v) is 1.53. The maximum Gasteiger partial charge on any atom is 0.228 e. The SMILES string of the molecule is CC(C(=O)Cl)c1ccsc1. The summed E-state index contributed by atoms with van der Waals surface area (Å²) in [7, 11) is 0. The Morgan fingerprint density at radius 2 is 2.50 bits per heavy atom. The van der Waals surface area contributed by atoms with Gasteiger partial charge in [-0.2, -0.15) is 11.3 Å². The fraction of sp³-hybridized carbons (Fsp3) is 0.286. The molecule has 0 saturated carbocycles. The first kappa shape index (κ1) is 7.76. The molecule has 1 heterocycles. The van der Waals surface area contributed by atoms with Gasteiger partial charge < -0.3 is 0 Å². The van der Waals surface area contributed by atoms with Crippen molar-refractivity contribution in [2.75, 3.05) is 0 Å². The van der Waals surface area contributed by atoms with Gasteiger partial charge >= 0.3 is 0 Å². The lowest BCUT2D eigenvalue weighted by molar-refractivity contribution is -0.112. The molecule has 1 nitrogen and oxygen atoms in total. The number of halogens is 1. The van der Waals surface area contributed by atoms with Crippen LogP contribution in [0.5, 0.6) is 0 Å². The Labute approximate surface area is 68.6 Å². The zero-order chi connectivity index (χ0) is 7.56. The highest BCUT2D eigenvalue weighted by molar-refractivity contribution is 7.08. The highest BCUT2D eigenvalue weighted by Crippen LogP contribution is 2.19. The Morgan fingerprint density at radius 1 is 1.80 bits per heavy atom. The Balaban J connectivity index is 2.77. The minimum atomic E-state index is -0.293. The largest absolute Gasteiger partial charge is 0.281 e. The van der Waals surface area contributed by atoms with Crippen molar-refractivity contribution >= 4 is 28.2 Å². The smallest absolute Gasteiger partial charge is 0.228 e. The molecular weight excluding hydrogens is 168 g/mol. The third-order valence-electron chi connectivity index (χ3n) is 1.38. The van der Waals surface area contributed by atoms with Gasteiger partial charge in [-0.1, -0.05) is 6.92 Å². The van der Waals surface area contributed by atoms with Gasteiger partial charge in [0.1, 0.15) is 0 Å². The maximum absolute atomic E-state index is 10.6. The second-order valence-electron chi connectivity index (χ2n) is 2.08. The predicted octanol–water partition coefficient (Wildman–Crippen LogP) is 2.62. The lowest BCUT2D eigenvalue weighted by atomic mass is 10.1. The molecule has 0 N–H and O–H groups in total. The summed E-state index contributed by atoms with van der Waals surface area (Å²) in [4.78, 5) is 10.6. The van der Waals surface area contributed by atoms with E-state index in [0.29, 0.717) is 0 Å². The summed E-state index contributed by atoms with van der Waals surface area (Å²) in [5.74, 6) is -0.159. The number of hydrogen-bond donors (Lipinski definition) is 0. The van der Waals surface area contributed by atoms with Crippen molar-refractivity contribution in [2.24, 2.45) is 0 Å². The lowest BCUT2D eigenvalue weighted by Gasteiger charge is -2.00. The molecule has 1 aromatic rings. The second-order valence-corrected chi connectivity index (χ2v) is 3.24. The average Bonchev–Trinajstić information content (AvgIpc) is 2.36. The average molecular weight is 175 g/mol. The van der Waals surface area contributed by atoms with Crippen LogP contribution in [-0.2, 0) is 4.79 Å². The molecule has 0 spiro atoms. The molecule has 0 aromatic carbocycles. The molecule has 0 fully saturated rings. The van der Waals surface area contributed by atoms with Gasteiger partial charge in [0.2, 0.25) is 5.24 Å². The quantitative estimate of drug-likeness (QED) is 0.630. The normalized spacial score (nSPS) is 13.0. The van der Waals surface area contributed by atoms with E-state index in [2.05, 4.69) is 0 Å². The van der Waals surface area contributed by atoms with Gasteiger partial charge in [0.05, 0.1) is 5.92 Å². The van der Waals surface area contributed by atoms with Gasteiger partial charge in [-0.15, -0.1) is 0 Å². The van der Waals surface area contributed by atoms with Crippen LogP contribution < -0.4 is 0 Å². The van der Waals surface area contributed by atoms with Crippen LogP contribution in [-0.4, -0.2) is 5.24 Å². The first-order valence-corrected chi connectivity index (χ1v) is 4.25. The molecule has 0 radical (unpaired) electrons. The van der Waals surface area contributed by atoms with E-state index in [0.717, 1.165) is 5.56 Å². The van der Waals surface area contributed by atoms with E-state index in [1.807, 2.05) is 16.8 Å². The van der Waals surface area contributed by atoms with Crippen molar-refractivity contribution in [1.82, 2.24) is 0 Å². The minimum Gasteiger partial charge on any atom is -0.281 e. The second kappa shape index (κ2) is 3.17. The first-order valence-electron chi connectivity index (χ1n) is 2.93. The van der Waals surface area contributed by atoms with Gasteiger partial charge in [-0.25, -0.2) is 0 Å². The molecule has 0 bridgehead atoms. The van der Waals surface area contributed by atoms with Crippen molar-refractivity contribution in [3.05, 3.63) is 22.4 Å². The van der Waals surface area contributed by atoms with Crippen LogP contribution in [0.3, 0.4) is 0 Å². The van der Waals surface area contributed by atoms with Crippen LogP contribution in [0.1, 0.15) is 18.4 Å². The number of thiophene rings is 1. The van der Waals surface area contributed by atoms with Gasteiger partial charge in [0.25, 0.3) is 0 Å². The van der Waals surface area contributed by atoms with Gasteiger partial charge in [-0.3, -0.25) is 4.79 Å². The summed E-state index contributed by atoms with van der Waals surface area (Å²) in [6, 6.07) is 1.91. The van der Waals surface area contributed by atoms with E-state index >= 15 is 0 Å². The number of hydrogen-bond acceptors (Lipinski definition) is 2.